The lowest BCUT2D eigenvalue weighted by Gasteiger charge is -2.14. The summed E-state index contributed by atoms with van der Waals surface area (Å²) in [5.74, 6) is 1.18. The predicted octanol–water partition coefficient (Wildman–Crippen LogP) is 3.65. The molecule has 0 saturated carbocycles. The first-order valence-corrected chi connectivity index (χ1v) is 8.41. The SMILES string of the molecule is CCOc1cc(C#N)ccc1OCC(=O)Nc1cc(Cl)c(OC)cc1OC. The Morgan fingerprint density at radius 3 is 2.44 bits per heavy atom. The van der Waals surface area contributed by atoms with E-state index in [4.69, 9.17) is 35.8 Å². The first kappa shape index (κ1) is 20.2. The number of methoxy groups -OCH3 is 2. The number of carbonyl (C=O) groups excluding carboxylic acids is 1. The molecule has 0 heterocycles. The molecule has 27 heavy (non-hydrogen) atoms. The predicted molar refractivity (Wildman–Crippen MR) is 101 cm³/mol. The molecule has 8 heteroatoms. The fraction of sp³-hybridized carbons (Fsp3) is 0.263. The van der Waals surface area contributed by atoms with E-state index < -0.39 is 5.91 Å². The molecule has 0 radical (unpaired) electrons. The van der Waals surface area contributed by atoms with Crippen molar-refractivity contribution >= 4 is 23.2 Å². The van der Waals surface area contributed by atoms with Gasteiger partial charge in [-0.2, -0.15) is 5.26 Å². The number of nitrogens with one attached hydrogen (secondary N) is 1. The van der Waals surface area contributed by atoms with Gasteiger partial charge in [0.05, 0.1) is 43.2 Å². The van der Waals surface area contributed by atoms with Crippen LogP contribution in [0.15, 0.2) is 30.3 Å². The highest BCUT2D eigenvalue weighted by Gasteiger charge is 2.14. The van der Waals surface area contributed by atoms with Gasteiger partial charge < -0.3 is 24.3 Å². The van der Waals surface area contributed by atoms with Gasteiger partial charge >= 0.3 is 0 Å². The molecule has 142 valence electrons. The Labute approximate surface area is 162 Å². The number of nitrogens with zero attached hydrogens (tertiary/aromatic N) is 1. The zero-order valence-corrected chi connectivity index (χ0v) is 15.9. The summed E-state index contributed by atoms with van der Waals surface area (Å²) in [6.07, 6.45) is 0. The van der Waals surface area contributed by atoms with E-state index in [1.807, 2.05) is 13.0 Å². The standard InChI is InChI=1S/C19H19ClN2O5/c1-4-26-18-7-12(10-21)5-6-15(18)27-11-19(23)22-14-8-13(20)16(24-2)9-17(14)25-3/h5-9H,4,11H2,1-3H3,(H,22,23). The van der Waals surface area contributed by atoms with Gasteiger partial charge in [-0.05, 0) is 25.1 Å². The molecule has 0 bridgehead atoms. The fourth-order valence-corrected chi connectivity index (χ4v) is 2.49. The van der Waals surface area contributed by atoms with Crippen molar-refractivity contribution in [2.75, 3.05) is 32.8 Å². The van der Waals surface area contributed by atoms with Crippen molar-refractivity contribution in [2.24, 2.45) is 0 Å². The highest BCUT2D eigenvalue weighted by Crippen LogP contribution is 2.36. The second-order valence-corrected chi connectivity index (χ2v) is 5.64. The van der Waals surface area contributed by atoms with Crippen molar-refractivity contribution < 1.29 is 23.7 Å². The Morgan fingerprint density at radius 2 is 1.81 bits per heavy atom. The molecule has 0 atom stereocenters. The summed E-state index contributed by atoms with van der Waals surface area (Å²) in [5.41, 5.74) is 0.828. The van der Waals surface area contributed by atoms with Crippen molar-refractivity contribution in [3.05, 3.63) is 40.9 Å². The average Bonchev–Trinajstić information content (AvgIpc) is 2.67. The van der Waals surface area contributed by atoms with Crippen LogP contribution in [-0.2, 0) is 4.79 Å². The van der Waals surface area contributed by atoms with Crippen LogP contribution in [0.4, 0.5) is 5.69 Å². The van der Waals surface area contributed by atoms with Crippen LogP contribution in [0.25, 0.3) is 0 Å². The molecule has 1 N–H and O–H groups in total. The highest BCUT2D eigenvalue weighted by atomic mass is 35.5. The Bertz CT molecular complexity index is 864. The van der Waals surface area contributed by atoms with Crippen LogP contribution in [0.3, 0.4) is 0 Å². The van der Waals surface area contributed by atoms with Gasteiger partial charge in [-0.1, -0.05) is 11.6 Å². The van der Waals surface area contributed by atoms with Crippen LogP contribution in [0.5, 0.6) is 23.0 Å². The number of nitriles is 1. The summed E-state index contributed by atoms with van der Waals surface area (Å²) >= 11 is 6.09. The number of carbonyl (C=O) groups is 1. The maximum Gasteiger partial charge on any atom is 0.262 e. The third-order valence-electron chi connectivity index (χ3n) is 3.48. The number of halogens is 1. The minimum Gasteiger partial charge on any atom is -0.495 e. The van der Waals surface area contributed by atoms with Gasteiger partial charge in [-0.15, -0.1) is 0 Å². The van der Waals surface area contributed by atoms with Gasteiger partial charge in [-0.3, -0.25) is 4.79 Å². The Hall–Kier alpha value is -3.11. The molecular formula is C19H19ClN2O5. The molecule has 0 spiro atoms. The Morgan fingerprint density at radius 1 is 1.07 bits per heavy atom. The van der Waals surface area contributed by atoms with Crippen molar-refractivity contribution in [2.45, 2.75) is 6.92 Å². The third-order valence-corrected chi connectivity index (χ3v) is 3.77. The number of amides is 1. The minimum atomic E-state index is -0.415. The molecule has 2 aromatic carbocycles. The fourth-order valence-electron chi connectivity index (χ4n) is 2.25. The van der Waals surface area contributed by atoms with E-state index in [-0.39, 0.29) is 6.61 Å². The molecule has 0 aromatic heterocycles. The molecule has 0 fully saturated rings. The lowest BCUT2D eigenvalue weighted by molar-refractivity contribution is -0.118. The van der Waals surface area contributed by atoms with Gasteiger partial charge in [0.15, 0.2) is 18.1 Å². The van der Waals surface area contributed by atoms with E-state index in [0.29, 0.717) is 45.9 Å². The number of benzene rings is 2. The number of rotatable bonds is 8. The number of hydrogen-bond donors (Lipinski definition) is 1. The lowest BCUT2D eigenvalue weighted by atomic mass is 10.2. The first-order chi connectivity index (χ1) is 13.0. The molecule has 2 aromatic rings. The second-order valence-electron chi connectivity index (χ2n) is 5.23. The van der Waals surface area contributed by atoms with E-state index in [1.165, 1.54) is 20.3 Å². The monoisotopic (exact) mass is 390 g/mol. The molecule has 0 aliphatic carbocycles. The largest absolute Gasteiger partial charge is 0.495 e. The van der Waals surface area contributed by atoms with Gasteiger partial charge in [-0.25, -0.2) is 0 Å². The van der Waals surface area contributed by atoms with Crippen LogP contribution in [0, 0.1) is 11.3 Å². The van der Waals surface area contributed by atoms with Crippen molar-refractivity contribution in [1.82, 2.24) is 0 Å². The number of hydrogen-bond acceptors (Lipinski definition) is 6. The summed E-state index contributed by atoms with van der Waals surface area (Å²) in [5, 5.41) is 12.0. The molecule has 0 saturated heterocycles. The third kappa shape index (κ3) is 5.19. The second kappa shape index (κ2) is 9.55. The van der Waals surface area contributed by atoms with Gasteiger partial charge in [0.1, 0.15) is 11.5 Å². The summed E-state index contributed by atoms with van der Waals surface area (Å²) in [4.78, 5) is 12.3. The minimum absolute atomic E-state index is 0.265. The van der Waals surface area contributed by atoms with E-state index in [9.17, 15) is 4.79 Å². The molecule has 2 rings (SSSR count). The normalized spacial score (nSPS) is 9.89. The number of ether oxygens (including phenoxy) is 4. The van der Waals surface area contributed by atoms with Gasteiger partial charge in [0.25, 0.3) is 5.91 Å². The van der Waals surface area contributed by atoms with Crippen LogP contribution >= 0.6 is 11.6 Å². The summed E-state index contributed by atoms with van der Waals surface area (Å²) in [7, 11) is 2.96. The van der Waals surface area contributed by atoms with Crippen LogP contribution < -0.4 is 24.3 Å². The zero-order chi connectivity index (χ0) is 19.8. The molecule has 7 nitrogen and oxygen atoms in total. The summed E-state index contributed by atoms with van der Waals surface area (Å²) < 4.78 is 21.3. The lowest BCUT2D eigenvalue weighted by Crippen LogP contribution is -2.20. The maximum atomic E-state index is 12.3. The Balaban J connectivity index is 2.09. The molecule has 0 unspecified atom stereocenters. The highest BCUT2D eigenvalue weighted by molar-refractivity contribution is 6.32. The van der Waals surface area contributed by atoms with E-state index in [2.05, 4.69) is 5.32 Å². The summed E-state index contributed by atoms with van der Waals surface area (Å²) in [6, 6.07) is 9.86. The van der Waals surface area contributed by atoms with Crippen LogP contribution in [-0.4, -0.2) is 33.3 Å². The van der Waals surface area contributed by atoms with Crippen molar-refractivity contribution in [3.8, 4) is 29.1 Å². The van der Waals surface area contributed by atoms with Crippen LogP contribution in [0.1, 0.15) is 12.5 Å². The average molecular weight is 391 g/mol. The molecular weight excluding hydrogens is 372 g/mol. The molecule has 1 amide bonds. The van der Waals surface area contributed by atoms with E-state index in [1.54, 1.807) is 24.3 Å². The smallest absolute Gasteiger partial charge is 0.262 e. The quantitative estimate of drug-likeness (QED) is 0.740. The summed E-state index contributed by atoms with van der Waals surface area (Å²) in [6.45, 7) is 1.95. The van der Waals surface area contributed by atoms with Crippen molar-refractivity contribution in [3.63, 3.8) is 0 Å². The zero-order valence-electron chi connectivity index (χ0n) is 15.2. The van der Waals surface area contributed by atoms with Gasteiger partial charge in [0.2, 0.25) is 0 Å². The molecule has 0 aliphatic heterocycles. The van der Waals surface area contributed by atoms with Crippen molar-refractivity contribution in [1.29, 1.82) is 5.26 Å². The number of anilines is 1. The first-order valence-electron chi connectivity index (χ1n) is 8.03. The Kier molecular flexibility index (Phi) is 7.15. The topological polar surface area (TPSA) is 89.8 Å². The van der Waals surface area contributed by atoms with Crippen LogP contribution in [0.2, 0.25) is 5.02 Å². The van der Waals surface area contributed by atoms with Gasteiger partial charge in [0, 0.05) is 12.1 Å². The maximum absolute atomic E-state index is 12.3. The van der Waals surface area contributed by atoms with E-state index in [0.717, 1.165) is 0 Å². The van der Waals surface area contributed by atoms with E-state index >= 15 is 0 Å². The molecule has 0 aliphatic rings.